The average molecular weight is 329 g/mol. The molecule has 1 aromatic rings. The zero-order valence-corrected chi connectivity index (χ0v) is 15.2. The minimum absolute atomic E-state index is 0.0878. The number of allylic oxidation sites excluding steroid dienone is 2. The van der Waals surface area contributed by atoms with Crippen LogP contribution in [0.15, 0.2) is 36.4 Å². The second-order valence-corrected chi connectivity index (χ2v) is 7.26. The van der Waals surface area contributed by atoms with E-state index in [0.29, 0.717) is 12.3 Å². The maximum Gasteiger partial charge on any atom is 0.161 e. The number of nitrogens with zero attached hydrogens (tertiary/aromatic N) is 1. The predicted molar refractivity (Wildman–Crippen MR) is 99.0 cm³/mol. The van der Waals surface area contributed by atoms with Gasteiger partial charge in [0.1, 0.15) is 0 Å². The molecular formula is C21H31NO2. The molecular weight excluding hydrogens is 298 g/mol. The maximum absolute atomic E-state index is 12.4. The summed E-state index contributed by atoms with van der Waals surface area (Å²) in [5.41, 5.74) is 2.59. The summed E-state index contributed by atoms with van der Waals surface area (Å²) in [6.45, 7) is 3.03. The summed E-state index contributed by atoms with van der Waals surface area (Å²) in [7, 11) is 4.14. The maximum atomic E-state index is 12.4. The zero-order chi connectivity index (χ0) is 17.5. The molecule has 0 spiro atoms. The van der Waals surface area contributed by atoms with Crippen molar-refractivity contribution < 1.29 is 9.90 Å². The van der Waals surface area contributed by atoms with E-state index in [1.54, 1.807) is 6.08 Å². The van der Waals surface area contributed by atoms with Gasteiger partial charge in [0.2, 0.25) is 0 Å². The normalized spacial score (nSPS) is 24.6. The lowest BCUT2D eigenvalue weighted by Crippen LogP contribution is -2.33. The van der Waals surface area contributed by atoms with Gasteiger partial charge in [0, 0.05) is 12.5 Å². The SMILES string of the molecule is CCCC=CC(=O)C1CC(c2ccc(CN(C)C)cc2)CCC1O. The van der Waals surface area contributed by atoms with Crippen molar-refractivity contribution in [3.05, 3.63) is 47.5 Å². The van der Waals surface area contributed by atoms with Crippen molar-refractivity contribution in [3.63, 3.8) is 0 Å². The Hall–Kier alpha value is -1.45. The molecule has 1 aliphatic carbocycles. The molecule has 1 aliphatic rings. The van der Waals surface area contributed by atoms with Gasteiger partial charge in [-0.15, -0.1) is 0 Å². The van der Waals surface area contributed by atoms with Crippen LogP contribution in [0.3, 0.4) is 0 Å². The van der Waals surface area contributed by atoms with Crippen LogP contribution in [0, 0.1) is 5.92 Å². The van der Waals surface area contributed by atoms with Crippen LogP contribution >= 0.6 is 0 Å². The Morgan fingerprint density at radius 3 is 2.58 bits per heavy atom. The number of carbonyl (C=O) groups is 1. The number of benzene rings is 1. The summed E-state index contributed by atoms with van der Waals surface area (Å²) >= 11 is 0. The molecule has 1 fully saturated rings. The highest BCUT2D eigenvalue weighted by Gasteiger charge is 2.33. The number of rotatable bonds is 7. The Bertz CT molecular complexity index is 547. The van der Waals surface area contributed by atoms with Gasteiger partial charge in [0.25, 0.3) is 0 Å². The van der Waals surface area contributed by atoms with Gasteiger partial charge >= 0.3 is 0 Å². The first-order valence-corrected chi connectivity index (χ1v) is 9.13. The van der Waals surface area contributed by atoms with Crippen LogP contribution in [0.5, 0.6) is 0 Å². The second kappa shape index (κ2) is 9.14. The molecule has 3 heteroatoms. The third-order valence-electron chi connectivity index (χ3n) is 4.87. The molecule has 0 bridgehead atoms. The number of carbonyl (C=O) groups excluding carboxylic acids is 1. The van der Waals surface area contributed by atoms with Crippen molar-refractivity contribution in [1.82, 2.24) is 4.90 Å². The monoisotopic (exact) mass is 329 g/mol. The van der Waals surface area contributed by atoms with Gasteiger partial charge in [0.05, 0.1) is 6.10 Å². The summed E-state index contributed by atoms with van der Waals surface area (Å²) in [6.07, 6.45) is 7.51. The first-order chi connectivity index (χ1) is 11.5. The largest absolute Gasteiger partial charge is 0.392 e. The van der Waals surface area contributed by atoms with Crippen LogP contribution in [0.1, 0.15) is 56.1 Å². The Morgan fingerprint density at radius 2 is 1.96 bits per heavy atom. The quantitative estimate of drug-likeness (QED) is 0.771. The predicted octanol–water partition coefficient (Wildman–Crippen LogP) is 3.92. The first-order valence-electron chi connectivity index (χ1n) is 9.13. The summed E-state index contributed by atoms with van der Waals surface area (Å²) in [6, 6.07) is 8.74. The van der Waals surface area contributed by atoms with Crippen molar-refractivity contribution >= 4 is 5.78 Å². The van der Waals surface area contributed by atoms with E-state index in [2.05, 4.69) is 50.2 Å². The minimum Gasteiger partial charge on any atom is -0.392 e. The van der Waals surface area contributed by atoms with Crippen molar-refractivity contribution in [2.75, 3.05) is 14.1 Å². The van der Waals surface area contributed by atoms with E-state index in [1.165, 1.54) is 11.1 Å². The lowest BCUT2D eigenvalue weighted by atomic mass is 9.74. The molecule has 132 valence electrons. The standard InChI is InChI=1S/C21H31NO2/c1-4-5-6-7-20(23)19-14-18(12-13-21(19)24)17-10-8-16(9-11-17)15-22(2)3/h6-11,18-19,21,24H,4-5,12-15H2,1-3H3. The Labute approximate surface area is 146 Å². The lowest BCUT2D eigenvalue weighted by Gasteiger charge is -2.32. The van der Waals surface area contributed by atoms with Gasteiger partial charge in [-0.3, -0.25) is 4.79 Å². The number of aliphatic hydroxyl groups is 1. The van der Waals surface area contributed by atoms with Crippen LogP contribution in [0.25, 0.3) is 0 Å². The summed E-state index contributed by atoms with van der Waals surface area (Å²) < 4.78 is 0. The van der Waals surface area contributed by atoms with E-state index in [4.69, 9.17) is 0 Å². The first kappa shape index (κ1) is 18.9. The fourth-order valence-electron chi connectivity index (χ4n) is 3.51. The lowest BCUT2D eigenvalue weighted by molar-refractivity contribution is -0.123. The number of hydrogen-bond donors (Lipinski definition) is 1. The van der Waals surface area contributed by atoms with Crippen molar-refractivity contribution in [1.29, 1.82) is 0 Å². The molecule has 24 heavy (non-hydrogen) atoms. The highest BCUT2D eigenvalue weighted by Crippen LogP contribution is 2.37. The van der Waals surface area contributed by atoms with Crippen LogP contribution < -0.4 is 0 Å². The van der Waals surface area contributed by atoms with Crippen LogP contribution in [-0.2, 0) is 11.3 Å². The highest BCUT2D eigenvalue weighted by molar-refractivity contribution is 5.92. The third-order valence-corrected chi connectivity index (χ3v) is 4.87. The molecule has 0 aliphatic heterocycles. The zero-order valence-electron chi connectivity index (χ0n) is 15.2. The van der Waals surface area contributed by atoms with Crippen molar-refractivity contribution in [3.8, 4) is 0 Å². The molecule has 1 aromatic carbocycles. The van der Waals surface area contributed by atoms with Crippen molar-refractivity contribution in [2.45, 2.75) is 57.6 Å². The molecule has 1 saturated carbocycles. The van der Waals surface area contributed by atoms with E-state index in [-0.39, 0.29) is 11.7 Å². The molecule has 3 nitrogen and oxygen atoms in total. The van der Waals surface area contributed by atoms with Gasteiger partial charge in [-0.1, -0.05) is 43.7 Å². The molecule has 3 atom stereocenters. The number of ketones is 1. The third kappa shape index (κ3) is 5.29. The van der Waals surface area contributed by atoms with Gasteiger partial charge < -0.3 is 10.0 Å². The van der Waals surface area contributed by atoms with Crippen LogP contribution in [0.4, 0.5) is 0 Å². The summed E-state index contributed by atoms with van der Waals surface area (Å²) in [5.74, 6) is 0.207. The topological polar surface area (TPSA) is 40.5 Å². The second-order valence-electron chi connectivity index (χ2n) is 7.26. The van der Waals surface area contributed by atoms with E-state index in [1.807, 2.05) is 6.08 Å². The summed E-state index contributed by atoms with van der Waals surface area (Å²) in [4.78, 5) is 14.5. The molecule has 1 N–H and O–H groups in total. The Balaban J connectivity index is 2.02. The number of unbranched alkanes of at least 4 members (excludes halogenated alkanes) is 1. The smallest absolute Gasteiger partial charge is 0.161 e. The summed E-state index contributed by atoms with van der Waals surface area (Å²) in [5, 5.41) is 10.2. The highest BCUT2D eigenvalue weighted by atomic mass is 16.3. The van der Waals surface area contributed by atoms with Gasteiger partial charge in [-0.05, 0) is 62.9 Å². The number of hydrogen-bond acceptors (Lipinski definition) is 3. The molecule has 0 saturated heterocycles. The molecule has 0 amide bonds. The molecule has 0 radical (unpaired) electrons. The van der Waals surface area contributed by atoms with Gasteiger partial charge in [0.15, 0.2) is 5.78 Å². The minimum atomic E-state index is -0.493. The molecule has 0 heterocycles. The van der Waals surface area contributed by atoms with Crippen LogP contribution in [-0.4, -0.2) is 36.0 Å². The molecule has 0 aromatic heterocycles. The Kier molecular flexibility index (Phi) is 7.19. The number of aliphatic hydroxyl groups excluding tert-OH is 1. The van der Waals surface area contributed by atoms with Crippen LogP contribution in [0.2, 0.25) is 0 Å². The van der Waals surface area contributed by atoms with E-state index in [0.717, 1.165) is 32.2 Å². The van der Waals surface area contributed by atoms with E-state index < -0.39 is 6.10 Å². The van der Waals surface area contributed by atoms with Gasteiger partial charge in [-0.25, -0.2) is 0 Å². The van der Waals surface area contributed by atoms with Crippen molar-refractivity contribution in [2.24, 2.45) is 5.92 Å². The fourth-order valence-corrected chi connectivity index (χ4v) is 3.51. The molecule has 2 rings (SSSR count). The molecule has 3 unspecified atom stereocenters. The average Bonchev–Trinajstić information content (AvgIpc) is 2.55. The fraction of sp³-hybridized carbons (Fsp3) is 0.571. The van der Waals surface area contributed by atoms with E-state index in [9.17, 15) is 9.90 Å². The van der Waals surface area contributed by atoms with Gasteiger partial charge in [-0.2, -0.15) is 0 Å². The Morgan fingerprint density at radius 1 is 1.25 bits per heavy atom. The van der Waals surface area contributed by atoms with E-state index >= 15 is 0 Å².